The number of nitrogens with one attached hydrogen (secondary N) is 1. The van der Waals surface area contributed by atoms with Gasteiger partial charge >= 0.3 is 5.97 Å². The minimum absolute atomic E-state index is 0.0702. The molecule has 1 saturated carbocycles. The van der Waals surface area contributed by atoms with Gasteiger partial charge in [-0.05, 0) is 68.6 Å². The van der Waals surface area contributed by atoms with Gasteiger partial charge in [0.15, 0.2) is 0 Å². The zero-order valence-corrected chi connectivity index (χ0v) is 17.2. The third-order valence-corrected chi connectivity index (χ3v) is 5.81. The van der Waals surface area contributed by atoms with E-state index in [1.54, 1.807) is 12.1 Å². The van der Waals surface area contributed by atoms with Crippen molar-refractivity contribution in [2.45, 2.75) is 77.2 Å². The van der Waals surface area contributed by atoms with Crippen LogP contribution in [0.5, 0.6) is 0 Å². The van der Waals surface area contributed by atoms with Gasteiger partial charge in [-0.1, -0.05) is 38.3 Å². The Morgan fingerprint density at radius 2 is 1.86 bits per heavy atom. The van der Waals surface area contributed by atoms with Gasteiger partial charge in [0.05, 0.1) is 11.2 Å². The molecule has 1 aromatic rings. The number of rotatable bonds is 13. The molecule has 1 amide bonds. The molecule has 2 unspecified atom stereocenters. The maximum Gasteiger partial charge on any atom is 0.335 e. The van der Waals surface area contributed by atoms with E-state index in [2.05, 4.69) is 12.2 Å². The maximum atomic E-state index is 12.0. The molecular formula is C23H35NO4. The SMILES string of the molecule is CCCCC[C@](C)(O)CCNC(=O)CCC1CC1Cc1ccc(C(=O)O)cc1. The standard InChI is InChI=1S/C23H35NO4/c1-3-4-5-12-23(2,28)13-14-24-21(25)11-10-19-16-20(19)15-17-6-8-18(9-7-17)22(26)27/h6-9,19-20,28H,3-5,10-16H2,1-2H3,(H,24,25)(H,26,27)/t19?,20?,23-/m0/s1. The van der Waals surface area contributed by atoms with E-state index in [0.717, 1.165) is 50.5 Å². The second-order valence-corrected chi connectivity index (χ2v) is 8.55. The fraction of sp³-hybridized carbons (Fsp3) is 0.652. The Balaban J connectivity index is 1.58. The number of carbonyl (C=O) groups is 2. The van der Waals surface area contributed by atoms with Crippen LogP contribution in [0, 0.1) is 11.8 Å². The van der Waals surface area contributed by atoms with Crippen LogP contribution in [-0.4, -0.2) is 34.2 Å². The van der Waals surface area contributed by atoms with Gasteiger partial charge in [0.1, 0.15) is 0 Å². The maximum absolute atomic E-state index is 12.0. The average molecular weight is 390 g/mol. The van der Waals surface area contributed by atoms with E-state index < -0.39 is 11.6 Å². The summed E-state index contributed by atoms with van der Waals surface area (Å²) >= 11 is 0. The van der Waals surface area contributed by atoms with E-state index in [9.17, 15) is 14.7 Å². The van der Waals surface area contributed by atoms with Crippen LogP contribution in [-0.2, 0) is 11.2 Å². The molecule has 5 heteroatoms. The van der Waals surface area contributed by atoms with Gasteiger partial charge in [-0.2, -0.15) is 0 Å². The Labute approximate surface area is 168 Å². The monoisotopic (exact) mass is 389 g/mol. The quantitative estimate of drug-likeness (QED) is 0.442. The van der Waals surface area contributed by atoms with Crippen LogP contribution in [0.4, 0.5) is 0 Å². The van der Waals surface area contributed by atoms with Crippen molar-refractivity contribution in [3.05, 3.63) is 35.4 Å². The first kappa shape index (κ1) is 22.4. The molecule has 0 bridgehead atoms. The number of hydrogen-bond acceptors (Lipinski definition) is 3. The lowest BCUT2D eigenvalue weighted by molar-refractivity contribution is -0.121. The fourth-order valence-electron chi connectivity index (χ4n) is 3.76. The minimum Gasteiger partial charge on any atom is -0.478 e. The predicted octanol–water partition coefficient (Wildman–Crippen LogP) is 4.18. The van der Waals surface area contributed by atoms with Crippen molar-refractivity contribution in [1.29, 1.82) is 0 Å². The highest BCUT2D eigenvalue weighted by Gasteiger charge is 2.36. The average Bonchev–Trinajstić information content (AvgIpc) is 3.38. The van der Waals surface area contributed by atoms with Crippen molar-refractivity contribution in [2.24, 2.45) is 11.8 Å². The summed E-state index contributed by atoms with van der Waals surface area (Å²) < 4.78 is 0. The van der Waals surface area contributed by atoms with Crippen molar-refractivity contribution in [2.75, 3.05) is 6.54 Å². The number of carboxylic acids is 1. The number of benzene rings is 1. The summed E-state index contributed by atoms with van der Waals surface area (Å²) in [7, 11) is 0. The molecule has 0 saturated heterocycles. The molecule has 0 radical (unpaired) electrons. The van der Waals surface area contributed by atoms with Crippen LogP contribution < -0.4 is 5.32 Å². The van der Waals surface area contributed by atoms with Crippen LogP contribution in [0.2, 0.25) is 0 Å². The summed E-state index contributed by atoms with van der Waals surface area (Å²) in [5.74, 6) is 0.356. The van der Waals surface area contributed by atoms with E-state index >= 15 is 0 Å². The molecule has 1 fully saturated rings. The predicted molar refractivity (Wildman–Crippen MR) is 110 cm³/mol. The number of amides is 1. The zero-order chi connectivity index (χ0) is 20.6. The molecular weight excluding hydrogens is 354 g/mol. The van der Waals surface area contributed by atoms with Crippen molar-refractivity contribution in [3.63, 3.8) is 0 Å². The number of hydrogen-bond donors (Lipinski definition) is 3. The summed E-state index contributed by atoms with van der Waals surface area (Å²) in [6.07, 6.45) is 8.21. The van der Waals surface area contributed by atoms with E-state index in [0.29, 0.717) is 36.8 Å². The molecule has 5 nitrogen and oxygen atoms in total. The van der Waals surface area contributed by atoms with Crippen LogP contribution >= 0.6 is 0 Å². The summed E-state index contributed by atoms with van der Waals surface area (Å²) in [4.78, 5) is 22.9. The number of unbranched alkanes of at least 4 members (excludes halogenated alkanes) is 2. The molecule has 156 valence electrons. The van der Waals surface area contributed by atoms with E-state index in [1.165, 1.54) is 0 Å². The molecule has 0 heterocycles. The Morgan fingerprint density at radius 3 is 2.50 bits per heavy atom. The summed E-state index contributed by atoms with van der Waals surface area (Å²) in [6.45, 7) is 4.53. The molecule has 3 N–H and O–H groups in total. The second kappa shape index (κ2) is 10.6. The van der Waals surface area contributed by atoms with E-state index in [1.807, 2.05) is 19.1 Å². The Bertz CT molecular complexity index is 639. The molecule has 1 aliphatic rings. The lowest BCUT2D eigenvalue weighted by Gasteiger charge is -2.23. The van der Waals surface area contributed by atoms with Crippen LogP contribution in [0.1, 0.15) is 81.1 Å². The molecule has 3 atom stereocenters. The van der Waals surface area contributed by atoms with Gasteiger partial charge in [-0.25, -0.2) is 4.79 Å². The first-order valence-electron chi connectivity index (χ1n) is 10.6. The Hall–Kier alpha value is -1.88. The molecule has 1 aromatic carbocycles. The third-order valence-electron chi connectivity index (χ3n) is 5.81. The number of carbonyl (C=O) groups excluding carboxylic acids is 1. The van der Waals surface area contributed by atoms with Gasteiger partial charge < -0.3 is 15.5 Å². The Kier molecular flexibility index (Phi) is 8.49. The van der Waals surface area contributed by atoms with E-state index in [4.69, 9.17) is 5.11 Å². The molecule has 0 aromatic heterocycles. The van der Waals surface area contributed by atoms with Gasteiger partial charge in [-0.15, -0.1) is 0 Å². The number of carboxylic acid groups (broad SMARTS) is 1. The van der Waals surface area contributed by atoms with Crippen molar-refractivity contribution >= 4 is 11.9 Å². The lowest BCUT2D eigenvalue weighted by Crippen LogP contribution is -2.32. The first-order valence-corrected chi connectivity index (χ1v) is 10.6. The summed E-state index contributed by atoms with van der Waals surface area (Å²) in [5, 5.41) is 22.2. The molecule has 28 heavy (non-hydrogen) atoms. The molecule has 0 aliphatic heterocycles. The minimum atomic E-state index is -0.899. The van der Waals surface area contributed by atoms with Crippen LogP contribution in [0.25, 0.3) is 0 Å². The van der Waals surface area contributed by atoms with Crippen molar-refractivity contribution in [3.8, 4) is 0 Å². The van der Waals surface area contributed by atoms with Crippen LogP contribution in [0.3, 0.4) is 0 Å². The highest BCUT2D eigenvalue weighted by molar-refractivity contribution is 5.87. The topological polar surface area (TPSA) is 86.6 Å². The highest BCUT2D eigenvalue weighted by atomic mass is 16.4. The molecule has 1 aliphatic carbocycles. The molecule has 0 spiro atoms. The Morgan fingerprint density at radius 1 is 1.14 bits per heavy atom. The lowest BCUT2D eigenvalue weighted by atomic mass is 9.95. The van der Waals surface area contributed by atoms with Crippen molar-refractivity contribution in [1.82, 2.24) is 5.32 Å². The van der Waals surface area contributed by atoms with Crippen LogP contribution in [0.15, 0.2) is 24.3 Å². The largest absolute Gasteiger partial charge is 0.478 e. The molecule has 2 rings (SSSR count). The highest BCUT2D eigenvalue weighted by Crippen LogP contribution is 2.44. The van der Waals surface area contributed by atoms with Gasteiger partial charge in [-0.3, -0.25) is 4.79 Å². The first-order chi connectivity index (χ1) is 13.3. The number of aliphatic hydroxyl groups is 1. The second-order valence-electron chi connectivity index (χ2n) is 8.55. The van der Waals surface area contributed by atoms with E-state index in [-0.39, 0.29) is 5.91 Å². The smallest absolute Gasteiger partial charge is 0.335 e. The normalized spacial score (nSPS) is 20.4. The zero-order valence-electron chi connectivity index (χ0n) is 17.2. The van der Waals surface area contributed by atoms with Gasteiger partial charge in [0.2, 0.25) is 5.91 Å². The number of aromatic carboxylic acids is 1. The van der Waals surface area contributed by atoms with Gasteiger partial charge in [0, 0.05) is 13.0 Å². The van der Waals surface area contributed by atoms with Crippen molar-refractivity contribution < 1.29 is 19.8 Å². The summed E-state index contributed by atoms with van der Waals surface area (Å²) in [5.41, 5.74) is 0.782. The fourth-order valence-corrected chi connectivity index (χ4v) is 3.76. The summed E-state index contributed by atoms with van der Waals surface area (Å²) in [6, 6.07) is 7.08. The van der Waals surface area contributed by atoms with Gasteiger partial charge in [0.25, 0.3) is 0 Å². The third kappa shape index (κ3) is 8.01.